The van der Waals surface area contributed by atoms with Crippen LogP contribution in [0.15, 0.2) is 47.8 Å². The van der Waals surface area contributed by atoms with Gasteiger partial charge in [0.1, 0.15) is 0 Å². The average molecular weight is 272 g/mol. The van der Waals surface area contributed by atoms with Crippen LogP contribution in [0.3, 0.4) is 0 Å². The molecule has 1 atom stereocenters. The normalized spacial score (nSPS) is 18.5. The van der Waals surface area contributed by atoms with Gasteiger partial charge in [-0.3, -0.25) is 0 Å². The summed E-state index contributed by atoms with van der Waals surface area (Å²) < 4.78 is 0. The van der Waals surface area contributed by atoms with Crippen LogP contribution in [0.1, 0.15) is 17.2 Å². The standard InChI is InChI=1S/C15H16N2OS/c18-15(16-13-5-2-1-3-6-13)17-9-8-12(11-17)14-7-4-10-19-14/h1-7,10,12H,8-9,11H2,(H,16,18). The SMILES string of the molecule is O=C(Nc1ccccc1)N1CCC(c2cccs2)C1. The molecule has 3 rings (SSSR count). The van der Waals surface area contributed by atoms with Crippen LogP contribution in [0.25, 0.3) is 0 Å². The van der Waals surface area contributed by atoms with Crippen LogP contribution in [0, 0.1) is 0 Å². The quantitative estimate of drug-likeness (QED) is 0.886. The summed E-state index contributed by atoms with van der Waals surface area (Å²) in [5.41, 5.74) is 0.854. The van der Waals surface area contributed by atoms with Crippen LogP contribution in [0.2, 0.25) is 0 Å². The van der Waals surface area contributed by atoms with Crippen molar-refractivity contribution in [1.82, 2.24) is 4.90 Å². The topological polar surface area (TPSA) is 32.3 Å². The zero-order chi connectivity index (χ0) is 13.1. The van der Waals surface area contributed by atoms with Gasteiger partial charge in [0.25, 0.3) is 0 Å². The van der Waals surface area contributed by atoms with Crippen molar-refractivity contribution in [2.24, 2.45) is 0 Å². The lowest BCUT2D eigenvalue weighted by molar-refractivity contribution is 0.222. The third-order valence-electron chi connectivity index (χ3n) is 3.45. The van der Waals surface area contributed by atoms with Gasteiger partial charge in [0.2, 0.25) is 0 Å². The predicted molar refractivity (Wildman–Crippen MR) is 78.7 cm³/mol. The summed E-state index contributed by atoms with van der Waals surface area (Å²) in [6.45, 7) is 1.65. The second-order valence-corrected chi connectivity index (χ2v) is 5.72. The first-order valence-electron chi connectivity index (χ1n) is 6.47. The Hall–Kier alpha value is -1.81. The number of likely N-dealkylation sites (tertiary alicyclic amines) is 1. The first-order chi connectivity index (χ1) is 9.33. The van der Waals surface area contributed by atoms with Gasteiger partial charge in [-0.15, -0.1) is 11.3 Å². The average Bonchev–Trinajstić information content (AvgIpc) is 3.11. The van der Waals surface area contributed by atoms with Crippen LogP contribution in [0.4, 0.5) is 10.5 Å². The fraction of sp³-hybridized carbons (Fsp3) is 0.267. The number of urea groups is 1. The van der Waals surface area contributed by atoms with E-state index in [0.717, 1.165) is 25.2 Å². The van der Waals surface area contributed by atoms with E-state index in [0.29, 0.717) is 5.92 Å². The number of rotatable bonds is 2. The molecule has 1 saturated heterocycles. The minimum atomic E-state index is 0.00487. The molecule has 1 aromatic heterocycles. The van der Waals surface area contributed by atoms with E-state index in [2.05, 4.69) is 22.8 Å². The first kappa shape index (κ1) is 12.2. The number of para-hydroxylation sites is 1. The number of anilines is 1. The minimum absolute atomic E-state index is 0.00487. The van der Waals surface area contributed by atoms with Gasteiger partial charge in [0.05, 0.1) is 0 Å². The summed E-state index contributed by atoms with van der Waals surface area (Å²) in [5.74, 6) is 0.501. The maximum absolute atomic E-state index is 12.1. The highest BCUT2D eigenvalue weighted by Crippen LogP contribution is 2.30. The van der Waals surface area contributed by atoms with E-state index in [-0.39, 0.29) is 6.03 Å². The van der Waals surface area contributed by atoms with Gasteiger partial charge in [0, 0.05) is 29.6 Å². The van der Waals surface area contributed by atoms with Gasteiger partial charge in [0.15, 0.2) is 0 Å². The number of benzene rings is 1. The molecular formula is C15H16N2OS. The molecule has 19 heavy (non-hydrogen) atoms. The number of nitrogens with one attached hydrogen (secondary N) is 1. The van der Waals surface area contributed by atoms with Crippen LogP contribution < -0.4 is 5.32 Å². The Bertz CT molecular complexity index is 539. The highest BCUT2D eigenvalue weighted by Gasteiger charge is 2.27. The zero-order valence-electron chi connectivity index (χ0n) is 10.6. The fourth-order valence-corrected chi connectivity index (χ4v) is 3.28. The lowest BCUT2D eigenvalue weighted by Crippen LogP contribution is -2.32. The molecule has 98 valence electrons. The van der Waals surface area contributed by atoms with Gasteiger partial charge < -0.3 is 10.2 Å². The summed E-state index contributed by atoms with van der Waals surface area (Å²) in [6, 6.07) is 13.8. The summed E-state index contributed by atoms with van der Waals surface area (Å²) in [4.78, 5) is 15.4. The molecule has 0 radical (unpaired) electrons. The summed E-state index contributed by atoms with van der Waals surface area (Å²) in [6.07, 6.45) is 1.06. The molecule has 0 bridgehead atoms. The molecular weight excluding hydrogens is 256 g/mol. The Labute approximate surface area is 116 Å². The van der Waals surface area contributed by atoms with Crippen LogP contribution in [-0.4, -0.2) is 24.0 Å². The van der Waals surface area contributed by atoms with Crippen LogP contribution in [0.5, 0.6) is 0 Å². The summed E-state index contributed by atoms with van der Waals surface area (Å²) >= 11 is 1.78. The van der Waals surface area contributed by atoms with Gasteiger partial charge in [-0.05, 0) is 30.0 Å². The Balaban J connectivity index is 1.60. The molecule has 1 unspecified atom stereocenters. The second kappa shape index (κ2) is 5.45. The molecule has 0 saturated carbocycles. The van der Waals surface area contributed by atoms with Crippen molar-refractivity contribution in [3.8, 4) is 0 Å². The summed E-state index contributed by atoms with van der Waals surface area (Å²) in [7, 11) is 0. The number of carbonyl (C=O) groups is 1. The molecule has 4 heteroatoms. The van der Waals surface area contributed by atoms with Crippen molar-refractivity contribution in [3.05, 3.63) is 52.7 Å². The van der Waals surface area contributed by atoms with E-state index in [4.69, 9.17) is 0 Å². The molecule has 0 spiro atoms. The molecule has 1 aromatic carbocycles. The Morgan fingerprint density at radius 1 is 1.21 bits per heavy atom. The molecule has 1 fully saturated rings. The zero-order valence-corrected chi connectivity index (χ0v) is 11.4. The van der Waals surface area contributed by atoms with Gasteiger partial charge in [-0.2, -0.15) is 0 Å². The highest BCUT2D eigenvalue weighted by atomic mass is 32.1. The maximum atomic E-state index is 12.1. The monoisotopic (exact) mass is 272 g/mol. The maximum Gasteiger partial charge on any atom is 0.321 e. The Morgan fingerprint density at radius 3 is 2.79 bits per heavy atom. The van der Waals surface area contributed by atoms with Gasteiger partial charge in [-0.25, -0.2) is 4.79 Å². The number of carbonyl (C=O) groups excluding carboxylic acids is 1. The van der Waals surface area contributed by atoms with Crippen molar-refractivity contribution >= 4 is 23.1 Å². The van der Waals surface area contributed by atoms with Crippen LogP contribution in [-0.2, 0) is 0 Å². The molecule has 2 heterocycles. The van der Waals surface area contributed by atoms with E-state index in [1.165, 1.54) is 4.88 Å². The molecule has 2 amide bonds. The lowest BCUT2D eigenvalue weighted by atomic mass is 10.1. The number of hydrogen-bond donors (Lipinski definition) is 1. The second-order valence-electron chi connectivity index (χ2n) is 4.74. The highest BCUT2D eigenvalue weighted by molar-refractivity contribution is 7.10. The number of amides is 2. The Kier molecular flexibility index (Phi) is 3.51. The molecule has 1 aliphatic rings. The van der Waals surface area contributed by atoms with Crippen molar-refractivity contribution in [2.75, 3.05) is 18.4 Å². The van der Waals surface area contributed by atoms with Crippen molar-refractivity contribution < 1.29 is 4.79 Å². The third kappa shape index (κ3) is 2.79. The fourth-order valence-electron chi connectivity index (χ4n) is 2.42. The number of nitrogens with zero attached hydrogens (tertiary/aromatic N) is 1. The van der Waals surface area contributed by atoms with Crippen LogP contribution >= 0.6 is 11.3 Å². The van der Waals surface area contributed by atoms with Crippen molar-refractivity contribution in [2.45, 2.75) is 12.3 Å². The smallest absolute Gasteiger partial charge is 0.321 e. The van der Waals surface area contributed by atoms with Crippen molar-refractivity contribution in [1.29, 1.82) is 0 Å². The lowest BCUT2D eigenvalue weighted by Gasteiger charge is -2.17. The van der Waals surface area contributed by atoms with Gasteiger partial charge >= 0.3 is 6.03 Å². The molecule has 1 aliphatic heterocycles. The van der Waals surface area contributed by atoms with E-state index < -0.39 is 0 Å². The molecule has 0 aliphatic carbocycles. The Morgan fingerprint density at radius 2 is 2.05 bits per heavy atom. The minimum Gasteiger partial charge on any atom is -0.324 e. The largest absolute Gasteiger partial charge is 0.324 e. The van der Waals surface area contributed by atoms with Gasteiger partial charge in [-0.1, -0.05) is 24.3 Å². The van der Waals surface area contributed by atoms with Crippen molar-refractivity contribution in [3.63, 3.8) is 0 Å². The van der Waals surface area contributed by atoms with E-state index >= 15 is 0 Å². The molecule has 1 N–H and O–H groups in total. The molecule has 3 nitrogen and oxygen atoms in total. The number of thiophene rings is 1. The predicted octanol–water partition coefficient (Wildman–Crippen LogP) is 3.77. The van der Waals surface area contributed by atoms with E-state index in [1.54, 1.807) is 11.3 Å². The van der Waals surface area contributed by atoms with E-state index in [1.807, 2.05) is 35.2 Å². The van der Waals surface area contributed by atoms with E-state index in [9.17, 15) is 4.79 Å². The third-order valence-corrected chi connectivity index (χ3v) is 4.48. The number of hydrogen-bond acceptors (Lipinski definition) is 2. The molecule has 2 aromatic rings. The first-order valence-corrected chi connectivity index (χ1v) is 7.35. The summed E-state index contributed by atoms with van der Waals surface area (Å²) in [5, 5.41) is 5.04.